The molecule has 1 saturated carbocycles. The van der Waals surface area contributed by atoms with Gasteiger partial charge in [-0.05, 0) is 50.3 Å². The number of hydrogen-bond acceptors (Lipinski definition) is 3. The summed E-state index contributed by atoms with van der Waals surface area (Å²) >= 11 is 0. The standard InChI is InChI=1S/C17H27NO2/c1-18-16(13-17(20-3)10-4-11-17)15-7-5-14(6-8-15)9-12-19-2/h5-8,16,18H,4,9-13H2,1-3H3. The van der Waals surface area contributed by atoms with Crippen LogP contribution in [0.4, 0.5) is 0 Å². The van der Waals surface area contributed by atoms with Crippen molar-refractivity contribution in [2.24, 2.45) is 0 Å². The van der Waals surface area contributed by atoms with Gasteiger partial charge in [0.25, 0.3) is 0 Å². The van der Waals surface area contributed by atoms with Gasteiger partial charge in [0.05, 0.1) is 12.2 Å². The summed E-state index contributed by atoms with van der Waals surface area (Å²) in [6.45, 7) is 0.779. The number of benzene rings is 1. The fourth-order valence-electron chi connectivity index (χ4n) is 2.96. The van der Waals surface area contributed by atoms with E-state index >= 15 is 0 Å². The minimum atomic E-state index is 0.0996. The highest BCUT2D eigenvalue weighted by molar-refractivity contribution is 5.25. The Kier molecular flexibility index (Phi) is 5.58. The van der Waals surface area contributed by atoms with Crippen molar-refractivity contribution in [2.45, 2.75) is 43.7 Å². The summed E-state index contributed by atoms with van der Waals surface area (Å²) in [5, 5.41) is 3.43. The van der Waals surface area contributed by atoms with E-state index in [1.807, 2.05) is 14.2 Å². The van der Waals surface area contributed by atoms with E-state index in [-0.39, 0.29) is 5.60 Å². The molecule has 0 spiro atoms. The molecule has 3 nitrogen and oxygen atoms in total. The minimum absolute atomic E-state index is 0.0996. The van der Waals surface area contributed by atoms with Gasteiger partial charge in [0.1, 0.15) is 0 Å². The Morgan fingerprint density at radius 2 is 1.90 bits per heavy atom. The van der Waals surface area contributed by atoms with Gasteiger partial charge in [-0.2, -0.15) is 0 Å². The average Bonchev–Trinajstić information content (AvgIpc) is 2.46. The Labute approximate surface area is 122 Å². The Morgan fingerprint density at radius 3 is 2.35 bits per heavy atom. The SMILES string of the molecule is CNC(CC1(OC)CCC1)c1ccc(CCOC)cc1. The van der Waals surface area contributed by atoms with Gasteiger partial charge >= 0.3 is 0 Å². The third kappa shape index (κ3) is 3.60. The Bertz CT molecular complexity index is 392. The molecule has 0 amide bonds. The first kappa shape index (κ1) is 15.5. The van der Waals surface area contributed by atoms with Crippen LogP contribution in [-0.2, 0) is 15.9 Å². The van der Waals surface area contributed by atoms with Crippen LogP contribution in [0.15, 0.2) is 24.3 Å². The summed E-state index contributed by atoms with van der Waals surface area (Å²) in [6, 6.07) is 9.24. The van der Waals surface area contributed by atoms with Crippen molar-refractivity contribution in [3.63, 3.8) is 0 Å². The first-order valence-corrected chi connectivity index (χ1v) is 7.53. The van der Waals surface area contributed by atoms with E-state index < -0.39 is 0 Å². The molecule has 2 rings (SSSR count). The highest BCUT2D eigenvalue weighted by Crippen LogP contribution is 2.41. The molecule has 1 N–H and O–H groups in total. The topological polar surface area (TPSA) is 30.5 Å². The largest absolute Gasteiger partial charge is 0.384 e. The first-order chi connectivity index (χ1) is 9.73. The third-order valence-electron chi connectivity index (χ3n) is 4.60. The lowest BCUT2D eigenvalue weighted by atomic mass is 9.74. The van der Waals surface area contributed by atoms with Crippen molar-refractivity contribution in [1.29, 1.82) is 0 Å². The normalized spacial score (nSPS) is 18.6. The summed E-state index contributed by atoms with van der Waals surface area (Å²) in [5.41, 5.74) is 2.77. The van der Waals surface area contributed by atoms with Gasteiger partial charge in [-0.15, -0.1) is 0 Å². The molecule has 0 heterocycles. The Morgan fingerprint density at radius 1 is 1.20 bits per heavy atom. The second-order valence-electron chi connectivity index (χ2n) is 5.77. The molecule has 0 bridgehead atoms. The van der Waals surface area contributed by atoms with Crippen molar-refractivity contribution in [3.8, 4) is 0 Å². The number of nitrogens with one attached hydrogen (secondary N) is 1. The van der Waals surface area contributed by atoms with Crippen LogP contribution in [0.5, 0.6) is 0 Å². The van der Waals surface area contributed by atoms with E-state index in [2.05, 4.69) is 29.6 Å². The van der Waals surface area contributed by atoms with E-state index in [9.17, 15) is 0 Å². The van der Waals surface area contributed by atoms with Crippen LogP contribution in [0.3, 0.4) is 0 Å². The van der Waals surface area contributed by atoms with Crippen molar-refractivity contribution < 1.29 is 9.47 Å². The molecule has 1 aliphatic rings. The predicted molar refractivity (Wildman–Crippen MR) is 82.0 cm³/mol. The maximum Gasteiger partial charge on any atom is 0.0697 e. The van der Waals surface area contributed by atoms with Crippen molar-refractivity contribution in [2.75, 3.05) is 27.9 Å². The number of methoxy groups -OCH3 is 2. The highest BCUT2D eigenvalue weighted by Gasteiger charge is 2.38. The molecular weight excluding hydrogens is 250 g/mol. The third-order valence-corrected chi connectivity index (χ3v) is 4.60. The zero-order valence-corrected chi connectivity index (χ0v) is 12.9. The molecule has 0 aromatic heterocycles. The molecular formula is C17H27NO2. The van der Waals surface area contributed by atoms with Gasteiger partial charge in [-0.1, -0.05) is 24.3 Å². The van der Waals surface area contributed by atoms with Crippen LogP contribution >= 0.6 is 0 Å². The molecule has 1 aliphatic carbocycles. The molecule has 1 aromatic rings. The lowest BCUT2D eigenvalue weighted by Gasteiger charge is -2.43. The molecule has 0 saturated heterocycles. The second-order valence-corrected chi connectivity index (χ2v) is 5.77. The fourth-order valence-corrected chi connectivity index (χ4v) is 2.96. The summed E-state index contributed by atoms with van der Waals surface area (Å²) in [6.07, 6.45) is 5.70. The van der Waals surface area contributed by atoms with E-state index in [0.29, 0.717) is 6.04 Å². The van der Waals surface area contributed by atoms with Crippen molar-refractivity contribution in [3.05, 3.63) is 35.4 Å². The van der Waals surface area contributed by atoms with Crippen LogP contribution in [0.1, 0.15) is 42.9 Å². The first-order valence-electron chi connectivity index (χ1n) is 7.53. The minimum Gasteiger partial charge on any atom is -0.384 e. The number of hydrogen-bond donors (Lipinski definition) is 1. The molecule has 1 fully saturated rings. The molecule has 112 valence electrons. The average molecular weight is 277 g/mol. The monoisotopic (exact) mass is 277 g/mol. The summed E-state index contributed by atoms with van der Waals surface area (Å²) in [5.74, 6) is 0. The summed E-state index contributed by atoms with van der Waals surface area (Å²) in [4.78, 5) is 0. The molecule has 0 radical (unpaired) electrons. The van der Waals surface area contributed by atoms with Gasteiger partial charge < -0.3 is 14.8 Å². The molecule has 1 aromatic carbocycles. The van der Waals surface area contributed by atoms with Crippen LogP contribution in [-0.4, -0.2) is 33.5 Å². The van der Waals surface area contributed by atoms with Gasteiger partial charge in [-0.3, -0.25) is 0 Å². The van der Waals surface area contributed by atoms with Crippen LogP contribution in [0.25, 0.3) is 0 Å². The lowest BCUT2D eigenvalue weighted by molar-refractivity contribution is -0.0834. The predicted octanol–water partition coefficient (Wildman–Crippen LogP) is 3.10. The van der Waals surface area contributed by atoms with Crippen LogP contribution < -0.4 is 5.32 Å². The van der Waals surface area contributed by atoms with E-state index in [1.54, 1.807) is 7.11 Å². The zero-order valence-electron chi connectivity index (χ0n) is 12.9. The Balaban J connectivity index is 2.00. The maximum absolute atomic E-state index is 5.75. The molecule has 0 aliphatic heterocycles. The van der Waals surface area contributed by atoms with Gasteiger partial charge in [0, 0.05) is 20.3 Å². The molecule has 1 atom stereocenters. The van der Waals surface area contributed by atoms with Crippen LogP contribution in [0.2, 0.25) is 0 Å². The van der Waals surface area contributed by atoms with Gasteiger partial charge in [-0.25, -0.2) is 0 Å². The second kappa shape index (κ2) is 7.21. The van der Waals surface area contributed by atoms with E-state index in [4.69, 9.17) is 9.47 Å². The summed E-state index contributed by atoms with van der Waals surface area (Å²) in [7, 11) is 5.62. The van der Waals surface area contributed by atoms with Gasteiger partial charge in [0.2, 0.25) is 0 Å². The van der Waals surface area contributed by atoms with Crippen molar-refractivity contribution in [1.82, 2.24) is 5.32 Å². The smallest absolute Gasteiger partial charge is 0.0697 e. The van der Waals surface area contributed by atoms with Gasteiger partial charge in [0.15, 0.2) is 0 Å². The maximum atomic E-state index is 5.75. The Hall–Kier alpha value is -0.900. The van der Waals surface area contributed by atoms with E-state index in [0.717, 1.165) is 19.4 Å². The lowest BCUT2D eigenvalue weighted by Crippen LogP contribution is -2.42. The quantitative estimate of drug-likeness (QED) is 0.792. The number of ether oxygens (including phenoxy) is 2. The molecule has 20 heavy (non-hydrogen) atoms. The van der Waals surface area contributed by atoms with Crippen molar-refractivity contribution >= 4 is 0 Å². The van der Waals surface area contributed by atoms with E-state index in [1.165, 1.54) is 30.4 Å². The molecule has 3 heteroatoms. The number of rotatable bonds is 8. The molecule has 1 unspecified atom stereocenters. The summed E-state index contributed by atoms with van der Waals surface area (Å²) < 4.78 is 10.9. The van der Waals surface area contributed by atoms with Crippen LogP contribution in [0, 0.1) is 0 Å². The zero-order chi connectivity index (χ0) is 14.4. The fraction of sp³-hybridized carbons (Fsp3) is 0.647. The highest BCUT2D eigenvalue weighted by atomic mass is 16.5.